The summed E-state index contributed by atoms with van der Waals surface area (Å²) in [6.07, 6.45) is 1.47. The summed E-state index contributed by atoms with van der Waals surface area (Å²) < 4.78 is 32.5. The number of furan rings is 1. The number of sulfonamides is 1. The Morgan fingerprint density at radius 3 is 1.88 bits per heavy atom. The van der Waals surface area contributed by atoms with Crippen molar-refractivity contribution in [1.29, 1.82) is 0 Å². The predicted molar refractivity (Wildman–Crippen MR) is 117 cm³/mol. The minimum atomic E-state index is -3.73. The highest BCUT2D eigenvalue weighted by atomic mass is 32.2. The van der Waals surface area contributed by atoms with Gasteiger partial charge in [-0.1, -0.05) is 18.2 Å². The van der Waals surface area contributed by atoms with Crippen molar-refractivity contribution < 1.29 is 22.4 Å². The third-order valence-corrected chi connectivity index (χ3v) is 6.72. The zero-order chi connectivity index (χ0) is 22.6. The van der Waals surface area contributed by atoms with Gasteiger partial charge in [0.05, 0.1) is 17.7 Å². The molecule has 1 saturated heterocycles. The third kappa shape index (κ3) is 4.90. The Balaban J connectivity index is 1.34. The first kappa shape index (κ1) is 21.8. The number of carbonyl (C=O) groups is 2. The number of nitrogens with zero attached hydrogens (tertiary/aromatic N) is 2. The second kappa shape index (κ2) is 9.37. The molecule has 0 unspecified atom stereocenters. The molecule has 166 valence electrons. The van der Waals surface area contributed by atoms with Gasteiger partial charge >= 0.3 is 0 Å². The van der Waals surface area contributed by atoms with Gasteiger partial charge in [-0.25, -0.2) is 13.1 Å². The van der Waals surface area contributed by atoms with Crippen molar-refractivity contribution in [2.24, 2.45) is 0 Å². The molecule has 4 rings (SSSR count). The lowest BCUT2D eigenvalue weighted by Gasteiger charge is -2.35. The van der Waals surface area contributed by atoms with Crippen molar-refractivity contribution in [3.8, 4) is 0 Å². The summed E-state index contributed by atoms with van der Waals surface area (Å²) in [6, 6.07) is 18.2. The molecule has 0 aliphatic carbocycles. The van der Waals surface area contributed by atoms with Crippen LogP contribution in [0.15, 0.2) is 82.3 Å². The average molecular weight is 454 g/mol. The Kier molecular flexibility index (Phi) is 6.38. The van der Waals surface area contributed by atoms with Crippen molar-refractivity contribution in [1.82, 2.24) is 14.5 Å². The van der Waals surface area contributed by atoms with Crippen LogP contribution in [0.5, 0.6) is 0 Å². The summed E-state index contributed by atoms with van der Waals surface area (Å²) in [7, 11) is -3.73. The minimum Gasteiger partial charge on any atom is -0.468 e. The molecular weight excluding hydrogens is 430 g/mol. The van der Waals surface area contributed by atoms with Crippen molar-refractivity contribution in [3.05, 3.63) is 89.9 Å². The molecule has 0 spiro atoms. The Hall–Kier alpha value is -3.43. The summed E-state index contributed by atoms with van der Waals surface area (Å²) in [5.41, 5.74) is 1.03. The van der Waals surface area contributed by atoms with Crippen LogP contribution in [-0.4, -0.2) is 56.2 Å². The SMILES string of the molecule is O=C(c1ccccc1)N1CCN(C(=O)c2ccc(S(=O)(=O)NCc3ccco3)cc2)CC1. The van der Waals surface area contributed by atoms with Gasteiger partial charge in [0.25, 0.3) is 11.8 Å². The molecule has 3 aromatic rings. The van der Waals surface area contributed by atoms with E-state index in [9.17, 15) is 18.0 Å². The van der Waals surface area contributed by atoms with Crippen molar-refractivity contribution in [3.63, 3.8) is 0 Å². The lowest BCUT2D eigenvalue weighted by Crippen LogP contribution is -2.50. The number of amides is 2. The van der Waals surface area contributed by atoms with Crippen LogP contribution in [-0.2, 0) is 16.6 Å². The molecule has 1 aliphatic rings. The quantitative estimate of drug-likeness (QED) is 0.618. The van der Waals surface area contributed by atoms with Crippen molar-refractivity contribution in [2.45, 2.75) is 11.4 Å². The van der Waals surface area contributed by atoms with E-state index in [0.717, 1.165) is 0 Å². The first-order chi connectivity index (χ1) is 15.4. The Bertz CT molecular complexity index is 1170. The maximum absolute atomic E-state index is 12.8. The van der Waals surface area contributed by atoms with Crippen LogP contribution in [0.4, 0.5) is 0 Å². The van der Waals surface area contributed by atoms with E-state index in [1.54, 1.807) is 34.1 Å². The molecular formula is C23H23N3O5S. The topological polar surface area (TPSA) is 99.9 Å². The molecule has 2 aromatic carbocycles. The third-order valence-electron chi connectivity index (χ3n) is 5.30. The van der Waals surface area contributed by atoms with Crippen LogP contribution in [0.1, 0.15) is 26.5 Å². The van der Waals surface area contributed by atoms with E-state index < -0.39 is 10.0 Å². The molecule has 1 N–H and O–H groups in total. The van der Waals surface area contributed by atoms with Crippen molar-refractivity contribution >= 4 is 21.8 Å². The second-order valence-electron chi connectivity index (χ2n) is 7.38. The number of nitrogens with one attached hydrogen (secondary N) is 1. The number of benzene rings is 2. The Morgan fingerprint density at radius 1 is 0.781 bits per heavy atom. The van der Waals surface area contributed by atoms with Gasteiger partial charge in [-0.3, -0.25) is 9.59 Å². The van der Waals surface area contributed by atoms with Crippen molar-refractivity contribution in [2.75, 3.05) is 26.2 Å². The number of carbonyl (C=O) groups excluding carboxylic acids is 2. The van der Waals surface area contributed by atoms with E-state index in [-0.39, 0.29) is 23.3 Å². The zero-order valence-electron chi connectivity index (χ0n) is 17.3. The van der Waals surface area contributed by atoms with Crippen LogP contribution in [0.25, 0.3) is 0 Å². The van der Waals surface area contributed by atoms with E-state index in [1.165, 1.54) is 30.5 Å². The Morgan fingerprint density at radius 2 is 1.34 bits per heavy atom. The lowest BCUT2D eigenvalue weighted by atomic mass is 10.1. The molecule has 0 atom stereocenters. The van der Waals surface area contributed by atoms with Gasteiger partial charge in [0.2, 0.25) is 10.0 Å². The highest BCUT2D eigenvalue weighted by Gasteiger charge is 2.26. The molecule has 2 heterocycles. The molecule has 32 heavy (non-hydrogen) atoms. The van der Waals surface area contributed by atoms with E-state index >= 15 is 0 Å². The fourth-order valence-corrected chi connectivity index (χ4v) is 4.49. The lowest BCUT2D eigenvalue weighted by molar-refractivity contribution is 0.0535. The van der Waals surface area contributed by atoms with E-state index in [2.05, 4.69) is 4.72 Å². The molecule has 8 nitrogen and oxygen atoms in total. The largest absolute Gasteiger partial charge is 0.468 e. The molecule has 0 saturated carbocycles. The standard InChI is InChI=1S/C23H23N3O5S/c27-22(18-5-2-1-3-6-18)25-12-14-26(15-13-25)23(28)19-8-10-21(11-9-19)32(29,30)24-17-20-7-4-16-31-20/h1-11,16,24H,12-15,17H2. The molecule has 0 radical (unpaired) electrons. The minimum absolute atomic E-state index is 0.0436. The monoisotopic (exact) mass is 453 g/mol. The number of piperazine rings is 1. The first-order valence-corrected chi connectivity index (χ1v) is 11.7. The van der Waals surface area contributed by atoms with E-state index in [4.69, 9.17) is 4.42 Å². The molecule has 1 fully saturated rings. The molecule has 2 amide bonds. The van der Waals surface area contributed by atoms with Crippen LogP contribution in [0.3, 0.4) is 0 Å². The van der Waals surface area contributed by atoms with Gasteiger partial charge in [-0.2, -0.15) is 0 Å². The van der Waals surface area contributed by atoms with Gasteiger partial charge in [-0.05, 0) is 48.5 Å². The summed E-state index contributed by atoms with van der Waals surface area (Å²) in [4.78, 5) is 28.9. The zero-order valence-corrected chi connectivity index (χ0v) is 18.1. The van der Waals surface area contributed by atoms with Crippen LogP contribution in [0, 0.1) is 0 Å². The van der Waals surface area contributed by atoms with Gasteiger partial charge in [0.1, 0.15) is 5.76 Å². The molecule has 1 aliphatic heterocycles. The normalized spacial score (nSPS) is 14.4. The number of hydrogen-bond acceptors (Lipinski definition) is 5. The summed E-state index contributed by atoms with van der Waals surface area (Å²) >= 11 is 0. The average Bonchev–Trinajstić information content (AvgIpc) is 3.37. The van der Waals surface area contributed by atoms with Crippen LogP contribution < -0.4 is 4.72 Å². The Labute approximate surface area is 186 Å². The summed E-state index contributed by atoms with van der Waals surface area (Å²) in [5.74, 6) is 0.267. The van der Waals surface area contributed by atoms with Gasteiger partial charge in [0, 0.05) is 37.3 Å². The first-order valence-electron chi connectivity index (χ1n) is 10.2. The van der Waals surface area contributed by atoms with Gasteiger partial charge in [-0.15, -0.1) is 0 Å². The summed E-state index contributed by atoms with van der Waals surface area (Å²) in [6.45, 7) is 1.78. The van der Waals surface area contributed by atoms with Crippen LogP contribution >= 0.6 is 0 Å². The smallest absolute Gasteiger partial charge is 0.253 e. The number of hydrogen-bond donors (Lipinski definition) is 1. The fraction of sp³-hybridized carbons (Fsp3) is 0.217. The highest BCUT2D eigenvalue weighted by molar-refractivity contribution is 7.89. The summed E-state index contributed by atoms with van der Waals surface area (Å²) in [5, 5.41) is 0. The number of rotatable bonds is 6. The van der Waals surface area contributed by atoms with E-state index in [0.29, 0.717) is 43.1 Å². The predicted octanol–water partition coefficient (Wildman–Crippen LogP) is 2.36. The van der Waals surface area contributed by atoms with E-state index in [1.807, 2.05) is 18.2 Å². The fourth-order valence-electron chi connectivity index (χ4n) is 3.50. The van der Waals surface area contributed by atoms with Gasteiger partial charge < -0.3 is 14.2 Å². The van der Waals surface area contributed by atoms with Crippen LogP contribution in [0.2, 0.25) is 0 Å². The van der Waals surface area contributed by atoms with Gasteiger partial charge in [0.15, 0.2) is 0 Å². The maximum Gasteiger partial charge on any atom is 0.253 e. The second-order valence-corrected chi connectivity index (χ2v) is 9.15. The molecule has 0 bridgehead atoms. The molecule has 1 aromatic heterocycles. The maximum atomic E-state index is 12.8. The highest BCUT2D eigenvalue weighted by Crippen LogP contribution is 2.15. The molecule has 9 heteroatoms.